The number of carbonyl (C=O) groups excluding carboxylic acids is 2. The molecule has 0 spiro atoms. The van der Waals surface area contributed by atoms with E-state index in [-0.39, 0.29) is 11.7 Å². The van der Waals surface area contributed by atoms with Gasteiger partial charge in [0.15, 0.2) is 11.0 Å². The summed E-state index contributed by atoms with van der Waals surface area (Å²) in [6.07, 6.45) is 1.71. The van der Waals surface area contributed by atoms with Crippen LogP contribution in [0.3, 0.4) is 0 Å². The van der Waals surface area contributed by atoms with Crippen molar-refractivity contribution >= 4 is 63.2 Å². The second-order valence-electron chi connectivity index (χ2n) is 7.38. The van der Waals surface area contributed by atoms with E-state index in [0.717, 1.165) is 5.56 Å². The topological polar surface area (TPSA) is 86.1 Å². The van der Waals surface area contributed by atoms with Gasteiger partial charge in [-0.3, -0.25) is 9.36 Å². The molecule has 0 bridgehead atoms. The molecule has 184 valence electrons. The molecule has 0 aliphatic rings. The fraction of sp³-hybridized carbons (Fsp3) is 0.120. The number of halogens is 2. The van der Waals surface area contributed by atoms with Crippen LogP contribution in [0.25, 0.3) is 22.5 Å². The van der Waals surface area contributed by atoms with Crippen LogP contribution in [-0.4, -0.2) is 39.5 Å². The van der Waals surface area contributed by atoms with Gasteiger partial charge in [-0.25, -0.2) is 4.79 Å². The van der Waals surface area contributed by atoms with E-state index < -0.39 is 5.97 Å². The van der Waals surface area contributed by atoms with Crippen LogP contribution in [-0.2, 0) is 16.1 Å². The number of hydrogen-bond donors (Lipinski definition) is 1. The number of thioether (sulfide) groups is 1. The van der Waals surface area contributed by atoms with Crippen molar-refractivity contribution in [2.24, 2.45) is 0 Å². The van der Waals surface area contributed by atoms with Crippen molar-refractivity contribution in [1.29, 1.82) is 0 Å². The maximum absolute atomic E-state index is 12.8. The van der Waals surface area contributed by atoms with Crippen LogP contribution in [0.1, 0.15) is 10.4 Å². The van der Waals surface area contributed by atoms with Crippen LogP contribution in [0, 0.1) is 0 Å². The zero-order valence-electron chi connectivity index (χ0n) is 19.0. The molecule has 1 N–H and O–H groups in total. The smallest absolute Gasteiger partial charge is 0.341 e. The van der Waals surface area contributed by atoms with Gasteiger partial charge in [0.2, 0.25) is 5.91 Å². The molecule has 2 aromatic carbocycles. The first-order chi connectivity index (χ1) is 17.4. The molecule has 0 saturated heterocycles. The van der Waals surface area contributed by atoms with E-state index in [1.54, 1.807) is 24.3 Å². The summed E-state index contributed by atoms with van der Waals surface area (Å²) in [5.74, 6) is -0.236. The van der Waals surface area contributed by atoms with Crippen LogP contribution < -0.4 is 5.32 Å². The molecule has 0 aliphatic heterocycles. The molecule has 0 fully saturated rings. The highest BCUT2D eigenvalue weighted by molar-refractivity contribution is 7.99. The van der Waals surface area contributed by atoms with Gasteiger partial charge in [0.1, 0.15) is 10.6 Å². The second kappa shape index (κ2) is 11.7. The zero-order chi connectivity index (χ0) is 25.7. The van der Waals surface area contributed by atoms with Crippen molar-refractivity contribution < 1.29 is 14.3 Å². The first kappa shape index (κ1) is 26.0. The lowest BCUT2D eigenvalue weighted by Gasteiger charge is -2.10. The van der Waals surface area contributed by atoms with E-state index in [9.17, 15) is 9.59 Å². The molecule has 2 heterocycles. The Balaban J connectivity index is 1.53. The Labute approximate surface area is 226 Å². The van der Waals surface area contributed by atoms with Crippen LogP contribution in [0.4, 0.5) is 5.00 Å². The van der Waals surface area contributed by atoms with Gasteiger partial charge in [-0.2, -0.15) is 0 Å². The Bertz CT molecular complexity index is 1420. The van der Waals surface area contributed by atoms with E-state index in [4.69, 9.17) is 27.9 Å². The van der Waals surface area contributed by atoms with Crippen molar-refractivity contribution in [1.82, 2.24) is 14.8 Å². The van der Waals surface area contributed by atoms with Crippen molar-refractivity contribution in [3.8, 4) is 22.5 Å². The maximum atomic E-state index is 12.8. The number of esters is 1. The number of nitrogens with zero attached hydrogens (tertiary/aromatic N) is 3. The molecule has 1 amide bonds. The Kier molecular flexibility index (Phi) is 8.48. The third kappa shape index (κ3) is 5.65. The Hall–Kier alpha value is -3.11. The summed E-state index contributed by atoms with van der Waals surface area (Å²) in [5, 5.41) is 15.1. The summed E-state index contributed by atoms with van der Waals surface area (Å²) in [7, 11) is 1.31. The molecule has 0 aliphatic carbocycles. The van der Waals surface area contributed by atoms with Crippen molar-refractivity contribution in [2.45, 2.75) is 11.7 Å². The minimum atomic E-state index is -0.520. The average Bonchev–Trinajstić information content (AvgIpc) is 3.47. The number of aromatic nitrogens is 3. The molecular formula is C25H20Cl2N4O3S2. The highest BCUT2D eigenvalue weighted by atomic mass is 35.5. The number of rotatable bonds is 9. The Morgan fingerprint density at radius 1 is 1.17 bits per heavy atom. The van der Waals surface area contributed by atoms with E-state index in [0.29, 0.717) is 49.3 Å². The van der Waals surface area contributed by atoms with Gasteiger partial charge in [0.05, 0.1) is 17.9 Å². The summed E-state index contributed by atoms with van der Waals surface area (Å²) in [4.78, 5) is 25.4. The summed E-state index contributed by atoms with van der Waals surface area (Å²) in [6.45, 7) is 4.22. The third-order valence-electron chi connectivity index (χ3n) is 5.05. The second-order valence-corrected chi connectivity index (χ2v) is 10.0. The zero-order valence-corrected chi connectivity index (χ0v) is 22.2. The van der Waals surface area contributed by atoms with Gasteiger partial charge in [-0.15, -0.1) is 28.1 Å². The van der Waals surface area contributed by atoms with Gasteiger partial charge in [-0.05, 0) is 23.8 Å². The van der Waals surface area contributed by atoms with Gasteiger partial charge < -0.3 is 10.1 Å². The Morgan fingerprint density at radius 2 is 1.94 bits per heavy atom. The summed E-state index contributed by atoms with van der Waals surface area (Å²) in [6, 6.07) is 14.6. The number of anilines is 1. The number of nitrogens with one attached hydrogen (secondary N) is 1. The minimum absolute atomic E-state index is 0.0445. The number of benzene rings is 2. The van der Waals surface area contributed by atoms with Gasteiger partial charge in [-0.1, -0.05) is 71.4 Å². The lowest BCUT2D eigenvalue weighted by Crippen LogP contribution is -2.16. The van der Waals surface area contributed by atoms with Gasteiger partial charge in [0, 0.05) is 28.1 Å². The highest BCUT2D eigenvalue weighted by Gasteiger charge is 2.23. The van der Waals surface area contributed by atoms with E-state index in [1.807, 2.05) is 40.3 Å². The van der Waals surface area contributed by atoms with Gasteiger partial charge >= 0.3 is 5.97 Å². The third-order valence-corrected chi connectivity index (χ3v) is 7.46. The lowest BCUT2D eigenvalue weighted by atomic mass is 10.0. The largest absolute Gasteiger partial charge is 0.465 e. The molecule has 0 atom stereocenters. The molecule has 7 nitrogen and oxygen atoms in total. The molecule has 11 heteroatoms. The quantitative estimate of drug-likeness (QED) is 0.140. The summed E-state index contributed by atoms with van der Waals surface area (Å²) < 4.78 is 6.79. The fourth-order valence-corrected chi connectivity index (χ4v) is 5.65. The number of thiophene rings is 1. The average molecular weight is 560 g/mol. The number of hydrogen-bond acceptors (Lipinski definition) is 7. The number of ether oxygens (including phenoxy) is 1. The fourth-order valence-electron chi connectivity index (χ4n) is 3.44. The number of allylic oxidation sites excluding steroid dienone is 1. The molecule has 0 unspecified atom stereocenters. The van der Waals surface area contributed by atoms with Crippen molar-refractivity contribution in [3.05, 3.63) is 82.2 Å². The van der Waals surface area contributed by atoms with Crippen LogP contribution in [0.2, 0.25) is 10.0 Å². The molecule has 0 radical (unpaired) electrons. The Morgan fingerprint density at radius 3 is 2.64 bits per heavy atom. The molecule has 36 heavy (non-hydrogen) atoms. The first-order valence-corrected chi connectivity index (χ1v) is 13.2. The van der Waals surface area contributed by atoms with E-state index in [1.165, 1.54) is 30.2 Å². The number of amides is 1. The standard InChI is InChI=1S/C25H20Cl2N4O3S2/c1-3-11-31-22(17-10-9-16(26)12-19(17)27)29-30-25(31)36-14-20(32)28-23-21(24(33)34-2)18(13-35-23)15-7-5-4-6-8-15/h3-10,12-13H,1,11,14H2,2H3,(H,28,32). The highest BCUT2D eigenvalue weighted by Crippen LogP contribution is 2.36. The van der Waals surface area contributed by atoms with E-state index in [2.05, 4.69) is 22.1 Å². The van der Waals surface area contributed by atoms with Crippen molar-refractivity contribution in [3.63, 3.8) is 0 Å². The van der Waals surface area contributed by atoms with Crippen molar-refractivity contribution in [2.75, 3.05) is 18.2 Å². The molecule has 4 aromatic rings. The normalized spacial score (nSPS) is 10.8. The van der Waals surface area contributed by atoms with Crippen LogP contribution in [0.5, 0.6) is 0 Å². The molecule has 2 aromatic heterocycles. The first-order valence-electron chi connectivity index (χ1n) is 10.6. The predicted molar refractivity (Wildman–Crippen MR) is 146 cm³/mol. The molecular weight excluding hydrogens is 539 g/mol. The summed E-state index contributed by atoms with van der Waals surface area (Å²) in [5.41, 5.74) is 2.54. The lowest BCUT2D eigenvalue weighted by molar-refractivity contribution is -0.113. The van der Waals surface area contributed by atoms with E-state index >= 15 is 0 Å². The van der Waals surface area contributed by atoms with Gasteiger partial charge in [0.25, 0.3) is 0 Å². The number of carbonyl (C=O) groups is 2. The monoisotopic (exact) mass is 558 g/mol. The number of methoxy groups -OCH3 is 1. The van der Waals surface area contributed by atoms with Crippen LogP contribution >= 0.6 is 46.3 Å². The molecule has 4 rings (SSSR count). The summed E-state index contributed by atoms with van der Waals surface area (Å²) >= 11 is 14.9. The minimum Gasteiger partial charge on any atom is -0.465 e. The predicted octanol–water partition coefficient (Wildman–Crippen LogP) is 6.68. The SMILES string of the molecule is C=CCn1c(SCC(=O)Nc2scc(-c3ccccc3)c2C(=O)OC)nnc1-c1ccc(Cl)cc1Cl. The van der Waals surface area contributed by atoms with Crippen LogP contribution in [0.15, 0.2) is 71.7 Å². The maximum Gasteiger partial charge on any atom is 0.341 e. The molecule has 0 saturated carbocycles.